The van der Waals surface area contributed by atoms with Crippen molar-refractivity contribution >= 4 is 17.3 Å². The Morgan fingerprint density at radius 1 is 1.38 bits per heavy atom. The van der Waals surface area contributed by atoms with Crippen molar-refractivity contribution in [3.05, 3.63) is 29.8 Å². The Kier molecular flexibility index (Phi) is 4.05. The number of carbonyl (C=O) groups excluding carboxylic acids is 1. The van der Waals surface area contributed by atoms with Crippen molar-refractivity contribution in [2.75, 3.05) is 5.32 Å². The van der Waals surface area contributed by atoms with Crippen molar-refractivity contribution in [3.8, 4) is 0 Å². The van der Waals surface area contributed by atoms with E-state index in [0.29, 0.717) is 11.4 Å². The summed E-state index contributed by atoms with van der Waals surface area (Å²) in [7, 11) is 0. The number of amides is 1. The number of hydrogen-bond acceptors (Lipinski definition) is 3. The van der Waals surface area contributed by atoms with Crippen LogP contribution in [-0.2, 0) is 4.79 Å². The molecule has 0 saturated carbocycles. The number of hydrogen-bond donors (Lipinski definition) is 2. The van der Waals surface area contributed by atoms with Gasteiger partial charge >= 0.3 is 0 Å². The second-order valence-electron chi connectivity index (χ2n) is 3.87. The van der Waals surface area contributed by atoms with Gasteiger partial charge in [-0.25, -0.2) is 0 Å². The maximum Gasteiger partial charge on any atom is 0.226 e. The summed E-state index contributed by atoms with van der Waals surface area (Å²) < 4.78 is 0. The molecule has 4 heteroatoms. The number of anilines is 1. The Morgan fingerprint density at radius 2 is 2.00 bits per heavy atom. The first-order chi connectivity index (χ1) is 7.56. The third-order valence-electron chi connectivity index (χ3n) is 2.25. The number of rotatable bonds is 3. The zero-order valence-electron chi connectivity index (χ0n) is 9.69. The Morgan fingerprint density at radius 3 is 2.56 bits per heavy atom. The van der Waals surface area contributed by atoms with Crippen LogP contribution in [0.3, 0.4) is 0 Å². The van der Waals surface area contributed by atoms with Crippen LogP contribution >= 0.6 is 0 Å². The molecule has 86 valence electrons. The minimum Gasteiger partial charge on any atom is -0.411 e. The topological polar surface area (TPSA) is 61.7 Å². The molecule has 0 radical (unpaired) electrons. The number of benzene rings is 1. The van der Waals surface area contributed by atoms with Crippen molar-refractivity contribution in [2.24, 2.45) is 11.1 Å². The van der Waals surface area contributed by atoms with Gasteiger partial charge in [0, 0.05) is 17.2 Å². The molecule has 4 nitrogen and oxygen atoms in total. The van der Waals surface area contributed by atoms with Crippen LogP contribution in [0.2, 0.25) is 0 Å². The van der Waals surface area contributed by atoms with Gasteiger partial charge in [0.05, 0.1) is 5.71 Å². The zero-order valence-corrected chi connectivity index (χ0v) is 9.69. The van der Waals surface area contributed by atoms with E-state index in [1.165, 1.54) is 0 Å². The van der Waals surface area contributed by atoms with E-state index in [1.807, 2.05) is 26.0 Å². The van der Waals surface area contributed by atoms with Gasteiger partial charge in [-0.2, -0.15) is 0 Å². The summed E-state index contributed by atoms with van der Waals surface area (Å²) in [6.07, 6.45) is 0. The van der Waals surface area contributed by atoms with Crippen molar-refractivity contribution in [1.29, 1.82) is 0 Å². The van der Waals surface area contributed by atoms with Gasteiger partial charge in [0.1, 0.15) is 0 Å². The van der Waals surface area contributed by atoms with Crippen molar-refractivity contribution < 1.29 is 10.0 Å². The highest BCUT2D eigenvalue weighted by atomic mass is 16.4. The molecule has 0 bridgehead atoms. The summed E-state index contributed by atoms with van der Waals surface area (Å²) >= 11 is 0. The van der Waals surface area contributed by atoms with E-state index >= 15 is 0 Å². The molecule has 0 aliphatic carbocycles. The lowest BCUT2D eigenvalue weighted by Crippen LogP contribution is -2.19. The lowest BCUT2D eigenvalue weighted by atomic mass is 10.1. The van der Waals surface area contributed by atoms with Gasteiger partial charge in [-0.3, -0.25) is 4.79 Å². The standard InChI is InChI=1S/C12H16N2O2/c1-8(2)12(15)13-11-7-5-4-6-10(11)9(3)14-16/h4-8,16H,1-3H3,(H,13,15)/b14-9+. The molecule has 0 aromatic heterocycles. The molecule has 2 N–H and O–H groups in total. The summed E-state index contributed by atoms with van der Waals surface area (Å²) in [4.78, 5) is 11.6. The normalized spacial score (nSPS) is 11.6. The van der Waals surface area contributed by atoms with Crippen LogP contribution in [-0.4, -0.2) is 16.8 Å². The molecule has 0 heterocycles. The molecule has 0 aliphatic rings. The lowest BCUT2D eigenvalue weighted by molar-refractivity contribution is -0.118. The van der Waals surface area contributed by atoms with Gasteiger partial charge in [0.15, 0.2) is 0 Å². The van der Waals surface area contributed by atoms with Gasteiger partial charge in [0.2, 0.25) is 5.91 Å². The van der Waals surface area contributed by atoms with E-state index < -0.39 is 0 Å². The summed E-state index contributed by atoms with van der Waals surface area (Å²) in [6, 6.07) is 7.23. The number of nitrogens with one attached hydrogen (secondary N) is 1. The number of carbonyl (C=O) groups is 1. The van der Waals surface area contributed by atoms with Crippen LogP contribution in [0.1, 0.15) is 26.3 Å². The van der Waals surface area contributed by atoms with Crippen LogP contribution in [0.25, 0.3) is 0 Å². The highest BCUT2D eigenvalue weighted by molar-refractivity contribution is 6.06. The van der Waals surface area contributed by atoms with Crippen LogP contribution in [0.4, 0.5) is 5.69 Å². The SMILES string of the molecule is C/C(=N\O)c1ccccc1NC(=O)C(C)C. The van der Waals surface area contributed by atoms with Crippen LogP contribution < -0.4 is 5.32 Å². The Balaban J connectivity index is 3.00. The second kappa shape index (κ2) is 5.30. The third-order valence-corrected chi connectivity index (χ3v) is 2.25. The molecular weight excluding hydrogens is 204 g/mol. The van der Waals surface area contributed by atoms with E-state index in [4.69, 9.17) is 5.21 Å². The molecule has 0 aliphatic heterocycles. The Hall–Kier alpha value is -1.84. The third kappa shape index (κ3) is 2.82. The molecule has 0 fully saturated rings. The summed E-state index contributed by atoms with van der Waals surface area (Å²) in [5, 5.41) is 14.7. The van der Waals surface area contributed by atoms with Crippen molar-refractivity contribution in [1.82, 2.24) is 0 Å². The van der Waals surface area contributed by atoms with Crippen molar-refractivity contribution in [3.63, 3.8) is 0 Å². The fourth-order valence-electron chi connectivity index (χ4n) is 1.24. The monoisotopic (exact) mass is 220 g/mol. The van der Waals surface area contributed by atoms with E-state index in [1.54, 1.807) is 19.1 Å². The molecular formula is C12H16N2O2. The summed E-state index contributed by atoms with van der Waals surface area (Å²) in [5.41, 5.74) is 1.86. The van der Waals surface area contributed by atoms with Crippen molar-refractivity contribution in [2.45, 2.75) is 20.8 Å². The molecule has 0 spiro atoms. The first kappa shape index (κ1) is 12.2. The Labute approximate surface area is 95.0 Å². The fourth-order valence-corrected chi connectivity index (χ4v) is 1.24. The molecule has 1 amide bonds. The number of para-hydroxylation sites is 1. The highest BCUT2D eigenvalue weighted by Gasteiger charge is 2.11. The smallest absolute Gasteiger partial charge is 0.226 e. The molecule has 1 rings (SSSR count). The molecule has 16 heavy (non-hydrogen) atoms. The first-order valence-corrected chi connectivity index (χ1v) is 5.15. The van der Waals surface area contributed by atoms with Crippen LogP contribution in [0.15, 0.2) is 29.4 Å². The highest BCUT2D eigenvalue weighted by Crippen LogP contribution is 2.16. The minimum atomic E-state index is -0.0839. The predicted molar refractivity (Wildman–Crippen MR) is 63.9 cm³/mol. The van der Waals surface area contributed by atoms with Gasteiger partial charge in [0.25, 0.3) is 0 Å². The van der Waals surface area contributed by atoms with E-state index in [9.17, 15) is 4.79 Å². The van der Waals surface area contributed by atoms with Gasteiger partial charge < -0.3 is 10.5 Å². The Bertz CT molecular complexity index is 411. The van der Waals surface area contributed by atoms with Gasteiger partial charge in [-0.1, -0.05) is 37.2 Å². The largest absolute Gasteiger partial charge is 0.411 e. The number of oxime groups is 1. The molecule has 0 saturated heterocycles. The van der Waals surface area contributed by atoms with Crippen LogP contribution in [0.5, 0.6) is 0 Å². The maximum atomic E-state index is 11.6. The maximum absolute atomic E-state index is 11.6. The van der Waals surface area contributed by atoms with E-state index in [-0.39, 0.29) is 11.8 Å². The molecule has 1 aromatic rings. The second-order valence-corrected chi connectivity index (χ2v) is 3.87. The quantitative estimate of drug-likeness (QED) is 0.467. The molecule has 1 aromatic carbocycles. The zero-order chi connectivity index (χ0) is 12.1. The van der Waals surface area contributed by atoms with Gasteiger partial charge in [-0.05, 0) is 13.0 Å². The molecule has 0 atom stereocenters. The number of nitrogens with zero attached hydrogens (tertiary/aromatic N) is 1. The summed E-state index contributed by atoms with van der Waals surface area (Å²) in [5.74, 6) is -0.141. The summed E-state index contributed by atoms with van der Waals surface area (Å²) in [6.45, 7) is 5.33. The first-order valence-electron chi connectivity index (χ1n) is 5.15. The minimum absolute atomic E-state index is 0.0572. The fraction of sp³-hybridized carbons (Fsp3) is 0.333. The van der Waals surface area contributed by atoms with Gasteiger partial charge in [-0.15, -0.1) is 0 Å². The van der Waals surface area contributed by atoms with E-state index in [2.05, 4.69) is 10.5 Å². The average molecular weight is 220 g/mol. The van der Waals surface area contributed by atoms with Crippen LogP contribution in [0, 0.1) is 5.92 Å². The predicted octanol–water partition coefficient (Wildman–Crippen LogP) is 2.48. The van der Waals surface area contributed by atoms with E-state index in [0.717, 1.165) is 5.56 Å². The lowest BCUT2D eigenvalue weighted by Gasteiger charge is -2.11. The molecule has 0 unspecified atom stereocenters. The average Bonchev–Trinajstić information content (AvgIpc) is 2.28.